The number of anilines is 2. The lowest BCUT2D eigenvalue weighted by molar-refractivity contribution is -0.116. The molecule has 0 aromatic heterocycles. The predicted octanol–water partition coefficient (Wildman–Crippen LogP) is 8.80. The third-order valence-electron chi connectivity index (χ3n) is 7.18. The Hall–Kier alpha value is -5.80. The van der Waals surface area contributed by atoms with Gasteiger partial charge in [0.15, 0.2) is 0 Å². The zero-order valence-corrected chi connectivity index (χ0v) is 28.0. The molecule has 8 nitrogen and oxygen atoms in total. The van der Waals surface area contributed by atoms with Crippen molar-refractivity contribution in [2.75, 3.05) is 17.2 Å². The van der Waals surface area contributed by atoms with Crippen LogP contribution in [0.25, 0.3) is 6.08 Å². The van der Waals surface area contributed by atoms with Crippen molar-refractivity contribution in [3.05, 3.63) is 150 Å². The van der Waals surface area contributed by atoms with Gasteiger partial charge in [0.2, 0.25) is 5.91 Å². The van der Waals surface area contributed by atoms with Crippen molar-refractivity contribution in [3.8, 4) is 17.2 Å². The van der Waals surface area contributed by atoms with E-state index in [1.807, 2.05) is 92.7 Å². The minimum atomic E-state index is -0.512. The van der Waals surface area contributed by atoms with Crippen molar-refractivity contribution in [1.82, 2.24) is 5.32 Å². The number of ether oxygens (including phenoxy) is 2. The Morgan fingerprint density at radius 2 is 1.39 bits per heavy atom. The first-order chi connectivity index (χ1) is 23.9. The maximum atomic E-state index is 13.7. The molecule has 0 saturated heterocycles. The quantitative estimate of drug-likeness (QED) is 0.0805. The van der Waals surface area contributed by atoms with E-state index in [1.54, 1.807) is 60.7 Å². The van der Waals surface area contributed by atoms with E-state index in [2.05, 4.69) is 16.0 Å². The molecule has 3 amide bonds. The highest BCUT2D eigenvalue weighted by molar-refractivity contribution is 8.00. The van der Waals surface area contributed by atoms with Gasteiger partial charge in [-0.25, -0.2) is 0 Å². The van der Waals surface area contributed by atoms with Crippen LogP contribution in [0.4, 0.5) is 11.4 Å². The monoisotopic (exact) mass is 671 g/mol. The first-order valence-electron chi connectivity index (χ1n) is 15.9. The fraction of sp³-hybridized carbons (Fsp3) is 0.125. The minimum Gasteiger partial charge on any atom is -0.493 e. The van der Waals surface area contributed by atoms with Gasteiger partial charge < -0.3 is 25.4 Å². The third kappa shape index (κ3) is 10.1. The Kier molecular flexibility index (Phi) is 12.2. The number of hydrogen-bond acceptors (Lipinski definition) is 6. The predicted molar refractivity (Wildman–Crippen MR) is 196 cm³/mol. The number of carbonyl (C=O) groups excluding carboxylic acids is 3. The van der Waals surface area contributed by atoms with Gasteiger partial charge in [0.05, 0.1) is 11.9 Å². The summed E-state index contributed by atoms with van der Waals surface area (Å²) in [5.41, 5.74) is 2.27. The van der Waals surface area contributed by atoms with Gasteiger partial charge >= 0.3 is 0 Å². The van der Waals surface area contributed by atoms with E-state index in [1.165, 1.54) is 11.8 Å². The Morgan fingerprint density at radius 1 is 0.714 bits per heavy atom. The first kappa shape index (κ1) is 34.5. The summed E-state index contributed by atoms with van der Waals surface area (Å²) in [6.07, 6.45) is 2.18. The maximum Gasteiger partial charge on any atom is 0.272 e. The van der Waals surface area contributed by atoms with Crippen molar-refractivity contribution < 1.29 is 23.9 Å². The average Bonchev–Trinajstić information content (AvgIpc) is 3.13. The Morgan fingerprint density at radius 3 is 2.10 bits per heavy atom. The van der Waals surface area contributed by atoms with Crippen LogP contribution >= 0.6 is 11.8 Å². The molecule has 5 aromatic carbocycles. The van der Waals surface area contributed by atoms with Crippen LogP contribution in [0.5, 0.6) is 17.2 Å². The molecule has 1 unspecified atom stereocenters. The number of hydrogen-bond donors (Lipinski definition) is 3. The highest BCUT2D eigenvalue weighted by Crippen LogP contribution is 2.30. The number of carbonyl (C=O) groups is 3. The molecule has 0 radical (unpaired) electrons. The zero-order chi connectivity index (χ0) is 34.4. The second-order valence-corrected chi connectivity index (χ2v) is 12.1. The second-order valence-electron chi connectivity index (χ2n) is 10.8. The summed E-state index contributed by atoms with van der Waals surface area (Å²) in [5.74, 6) is 0.915. The summed E-state index contributed by atoms with van der Waals surface area (Å²) in [4.78, 5) is 40.8. The van der Waals surface area contributed by atoms with Gasteiger partial charge in [0.25, 0.3) is 11.8 Å². The van der Waals surface area contributed by atoms with E-state index in [0.717, 1.165) is 10.6 Å². The molecule has 3 N–H and O–H groups in total. The van der Waals surface area contributed by atoms with Crippen molar-refractivity contribution in [1.29, 1.82) is 0 Å². The molecule has 248 valence electrons. The topological polar surface area (TPSA) is 106 Å². The van der Waals surface area contributed by atoms with Crippen molar-refractivity contribution in [2.24, 2.45) is 0 Å². The summed E-state index contributed by atoms with van der Waals surface area (Å²) in [6, 6.07) is 39.9. The lowest BCUT2D eigenvalue weighted by atomic mass is 10.1. The van der Waals surface area contributed by atoms with Crippen LogP contribution in [0.15, 0.2) is 144 Å². The fourth-order valence-corrected chi connectivity index (χ4v) is 5.78. The molecule has 0 fully saturated rings. The van der Waals surface area contributed by atoms with Crippen LogP contribution in [0.1, 0.15) is 36.2 Å². The van der Waals surface area contributed by atoms with E-state index >= 15 is 0 Å². The number of nitrogens with one attached hydrogen (secondary N) is 3. The number of benzene rings is 5. The average molecular weight is 672 g/mol. The summed E-state index contributed by atoms with van der Waals surface area (Å²) in [7, 11) is 0. The number of rotatable bonds is 14. The van der Waals surface area contributed by atoms with Gasteiger partial charge in [-0.1, -0.05) is 67.6 Å². The summed E-state index contributed by atoms with van der Waals surface area (Å²) in [6.45, 7) is 4.27. The zero-order valence-electron chi connectivity index (χ0n) is 27.2. The molecule has 49 heavy (non-hydrogen) atoms. The summed E-state index contributed by atoms with van der Waals surface area (Å²) in [5, 5.41) is 8.28. The standard InChI is InChI=1S/C40H37N3O5S/c1-3-37(40(46)41-30-22-24-33(25-23-30)48-32-18-9-6-10-19-32)49-34-20-13-17-31(27-34)42-39(45)35(43-38(44)28-14-7-5-8-15-28)26-29-16-11-12-21-36(29)47-4-2/h5-27,37H,3-4H2,1-2H3,(H,41,46)(H,42,45)(H,43,44)/b35-26+. The number of amides is 3. The van der Waals surface area contributed by atoms with E-state index < -0.39 is 11.8 Å². The van der Waals surface area contributed by atoms with Gasteiger partial charge in [0.1, 0.15) is 22.9 Å². The van der Waals surface area contributed by atoms with Gasteiger partial charge in [-0.15, -0.1) is 11.8 Å². The molecule has 0 spiro atoms. The van der Waals surface area contributed by atoms with Crippen LogP contribution in [-0.4, -0.2) is 29.6 Å². The molecular formula is C40H37N3O5S. The van der Waals surface area contributed by atoms with E-state index in [9.17, 15) is 14.4 Å². The lowest BCUT2D eigenvalue weighted by Crippen LogP contribution is -2.30. The van der Waals surface area contributed by atoms with Crippen LogP contribution < -0.4 is 25.4 Å². The van der Waals surface area contributed by atoms with E-state index in [-0.39, 0.29) is 16.9 Å². The third-order valence-corrected chi connectivity index (χ3v) is 8.54. The molecule has 9 heteroatoms. The van der Waals surface area contributed by atoms with Gasteiger partial charge in [-0.3, -0.25) is 14.4 Å². The van der Waals surface area contributed by atoms with E-state index in [0.29, 0.717) is 47.0 Å². The fourth-order valence-electron chi connectivity index (χ4n) is 4.77. The molecule has 0 bridgehead atoms. The van der Waals surface area contributed by atoms with Crippen molar-refractivity contribution >= 4 is 46.9 Å². The minimum absolute atomic E-state index is 0.0464. The molecule has 0 aliphatic heterocycles. The Labute approximate surface area is 290 Å². The van der Waals surface area contributed by atoms with Crippen LogP contribution in [0, 0.1) is 0 Å². The summed E-state index contributed by atoms with van der Waals surface area (Å²) >= 11 is 1.40. The number of thioether (sulfide) groups is 1. The SMILES string of the molecule is CCOc1ccccc1/C=C(/NC(=O)c1ccccc1)C(=O)Nc1cccc(SC(CC)C(=O)Nc2ccc(Oc3ccccc3)cc2)c1. The second kappa shape index (κ2) is 17.4. The Bertz CT molecular complexity index is 1900. The lowest BCUT2D eigenvalue weighted by Gasteiger charge is -2.16. The molecule has 1 atom stereocenters. The normalized spacial score (nSPS) is 11.6. The summed E-state index contributed by atoms with van der Waals surface area (Å²) < 4.78 is 11.6. The number of para-hydroxylation sites is 2. The first-order valence-corrected chi connectivity index (χ1v) is 16.8. The molecule has 0 heterocycles. The molecule has 5 rings (SSSR count). The van der Waals surface area contributed by atoms with Crippen LogP contribution in [0.2, 0.25) is 0 Å². The van der Waals surface area contributed by atoms with Gasteiger partial charge in [0, 0.05) is 27.4 Å². The van der Waals surface area contributed by atoms with E-state index in [4.69, 9.17) is 9.47 Å². The molecule has 0 saturated carbocycles. The van der Waals surface area contributed by atoms with Crippen molar-refractivity contribution in [3.63, 3.8) is 0 Å². The largest absolute Gasteiger partial charge is 0.493 e. The highest BCUT2D eigenvalue weighted by atomic mass is 32.2. The van der Waals surface area contributed by atoms with Crippen molar-refractivity contribution in [2.45, 2.75) is 30.4 Å². The van der Waals surface area contributed by atoms with Crippen LogP contribution in [-0.2, 0) is 9.59 Å². The Balaban J connectivity index is 1.27. The smallest absolute Gasteiger partial charge is 0.272 e. The maximum absolute atomic E-state index is 13.7. The molecular weight excluding hydrogens is 635 g/mol. The van der Waals surface area contributed by atoms with Crippen LogP contribution in [0.3, 0.4) is 0 Å². The molecule has 5 aromatic rings. The van der Waals surface area contributed by atoms with Gasteiger partial charge in [-0.2, -0.15) is 0 Å². The molecule has 0 aliphatic rings. The highest BCUT2D eigenvalue weighted by Gasteiger charge is 2.20. The van der Waals surface area contributed by atoms with Gasteiger partial charge in [-0.05, 0) is 92.2 Å². The molecule has 0 aliphatic carbocycles.